The van der Waals surface area contributed by atoms with E-state index in [0.29, 0.717) is 12.3 Å². The van der Waals surface area contributed by atoms with Crippen molar-refractivity contribution in [1.29, 1.82) is 0 Å². The zero-order valence-corrected chi connectivity index (χ0v) is 12.8. The fourth-order valence-electron chi connectivity index (χ4n) is 2.40. The molecule has 1 N–H and O–H groups in total. The molecule has 1 fully saturated rings. The second-order valence-corrected chi connectivity index (χ2v) is 6.40. The molecule has 0 bridgehead atoms. The summed E-state index contributed by atoms with van der Waals surface area (Å²) in [5.41, 5.74) is 0.864. The molecule has 1 aromatic heterocycles. The summed E-state index contributed by atoms with van der Waals surface area (Å²) in [6.07, 6.45) is -0.265. The van der Waals surface area contributed by atoms with E-state index in [1.165, 1.54) is 0 Å². The van der Waals surface area contributed by atoms with Gasteiger partial charge in [-0.1, -0.05) is 35.5 Å². The third-order valence-electron chi connectivity index (χ3n) is 3.73. The Labute approximate surface area is 128 Å². The van der Waals surface area contributed by atoms with Crippen molar-refractivity contribution in [2.75, 3.05) is 25.1 Å². The number of hydrogen-bond acceptors (Lipinski definition) is 6. The first-order valence-electron chi connectivity index (χ1n) is 7.07. The molecule has 1 aliphatic rings. The van der Waals surface area contributed by atoms with Crippen LogP contribution in [0.5, 0.6) is 0 Å². The van der Waals surface area contributed by atoms with E-state index in [0.717, 1.165) is 29.4 Å². The van der Waals surface area contributed by atoms with Gasteiger partial charge in [0, 0.05) is 18.1 Å². The monoisotopic (exact) mass is 305 g/mol. The van der Waals surface area contributed by atoms with E-state index in [4.69, 9.17) is 4.52 Å². The maximum Gasteiger partial charge on any atom is 0.229 e. The van der Waals surface area contributed by atoms with Crippen molar-refractivity contribution in [3.05, 3.63) is 47.6 Å². The van der Waals surface area contributed by atoms with Crippen molar-refractivity contribution in [2.24, 2.45) is 0 Å². The molecule has 21 heavy (non-hydrogen) atoms. The van der Waals surface area contributed by atoms with Crippen LogP contribution in [0.15, 0.2) is 34.9 Å². The lowest BCUT2D eigenvalue weighted by atomic mass is 10.1. The summed E-state index contributed by atoms with van der Waals surface area (Å²) in [6, 6.07) is 9.74. The first-order chi connectivity index (χ1) is 10.2. The van der Waals surface area contributed by atoms with Crippen molar-refractivity contribution in [3.63, 3.8) is 0 Å². The largest absolute Gasteiger partial charge is 0.388 e. The summed E-state index contributed by atoms with van der Waals surface area (Å²) < 4.78 is 5.30. The molecular formula is C15H19N3O2S. The molecule has 112 valence electrons. The van der Waals surface area contributed by atoms with Crippen LogP contribution in [0.3, 0.4) is 0 Å². The minimum absolute atomic E-state index is 0.204. The molecule has 0 amide bonds. The van der Waals surface area contributed by atoms with Gasteiger partial charge in [-0.15, -0.1) is 0 Å². The van der Waals surface area contributed by atoms with Crippen LogP contribution in [0, 0.1) is 0 Å². The molecule has 2 atom stereocenters. The van der Waals surface area contributed by atoms with E-state index in [9.17, 15) is 5.11 Å². The number of aliphatic hydroxyl groups is 1. The van der Waals surface area contributed by atoms with E-state index < -0.39 is 6.10 Å². The third-order valence-corrected chi connectivity index (χ3v) is 4.75. The van der Waals surface area contributed by atoms with Gasteiger partial charge in [-0.05, 0) is 12.6 Å². The standard InChI is InChI=1S/C15H19N3O2S/c1-18-7-8-21-10-12(18)15-16-14(20-17-15)9-13(19)11-5-3-2-4-6-11/h2-6,12-13,19H,7-10H2,1H3. The zero-order valence-electron chi connectivity index (χ0n) is 12.0. The van der Waals surface area contributed by atoms with Crippen molar-refractivity contribution in [2.45, 2.75) is 18.6 Å². The molecule has 1 aromatic carbocycles. The number of hydrogen-bond donors (Lipinski definition) is 1. The quantitative estimate of drug-likeness (QED) is 0.933. The number of rotatable bonds is 4. The van der Waals surface area contributed by atoms with Gasteiger partial charge in [0.2, 0.25) is 5.89 Å². The number of aromatic nitrogens is 2. The van der Waals surface area contributed by atoms with E-state index >= 15 is 0 Å². The highest BCUT2D eigenvalue weighted by molar-refractivity contribution is 7.99. The van der Waals surface area contributed by atoms with Gasteiger partial charge in [0.05, 0.1) is 18.6 Å². The fraction of sp³-hybridized carbons (Fsp3) is 0.467. The van der Waals surface area contributed by atoms with Crippen molar-refractivity contribution in [1.82, 2.24) is 15.0 Å². The first kappa shape index (κ1) is 14.6. The van der Waals surface area contributed by atoms with E-state index in [1.807, 2.05) is 42.1 Å². The summed E-state index contributed by atoms with van der Waals surface area (Å²) in [5, 5.41) is 14.3. The van der Waals surface area contributed by atoms with Crippen LogP contribution in [0.25, 0.3) is 0 Å². The Hall–Kier alpha value is -1.37. The van der Waals surface area contributed by atoms with Crippen molar-refractivity contribution >= 4 is 11.8 Å². The van der Waals surface area contributed by atoms with Gasteiger partial charge >= 0.3 is 0 Å². The number of thioether (sulfide) groups is 1. The van der Waals surface area contributed by atoms with Gasteiger partial charge in [-0.3, -0.25) is 4.90 Å². The van der Waals surface area contributed by atoms with Gasteiger partial charge in [0.1, 0.15) is 0 Å². The molecule has 1 saturated heterocycles. The predicted octanol–water partition coefficient (Wildman–Crippen LogP) is 2.07. The first-order valence-corrected chi connectivity index (χ1v) is 8.23. The predicted molar refractivity (Wildman–Crippen MR) is 82.1 cm³/mol. The molecule has 0 radical (unpaired) electrons. The van der Waals surface area contributed by atoms with E-state index in [1.54, 1.807) is 0 Å². The molecule has 2 heterocycles. The topological polar surface area (TPSA) is 62.4 Å². The Kier molecular flexibility index (Phi) is 4.57. The van der Waals surface area contributed by atoms with Crippen LogP contribution in [0.4, 0.5) is 0 Å². The van der Waals surface area contributed by atoms with E-state index in [-0.39, 0.29) is 6.04 Å². The SMILES string of the molecule is CN1CCSCC1c1noc(CC(O)c2ccccc2)n1. The number of nitrogens with zero attached hydrogens (tertiary/aromatic N) is 3. The third kappa shape index (κ3) is 3.45. The maximum atomic E-state index is 10.2. The number of benzene rings is 1. The summed E-state index contributed by atoms with van der Waals surface area (Å²) >= 11 is 1.91. The summed E-state index contributed by atoms with van der Waals surface area (Å²) in [4.78, 5) is 6.71. The number of aliphatic hydroxyl groups excluding tert-OH is 1. The average molecular weight is 305 g/mol. The second-order valence-electron chi connectivity index (χ2n) is 5.25. The Morgan fingerprint density at radius 2 is 2.24 bits per heavy atom. The van der Waals surface area contributed by atoms with Gasteiger partial charge in [0.25, 0.3) is 0 Å². The van der Waals surface area contributed by atoms with Crippen molar-refractivity contribution < 1.29 is 9.63 Å². The van der Waals surface area contributed by atoms with E-state index in [2.05, 4.69) is 22.1 Å². The molecule has 1 aliphatic heterocycles. The lowest BCUT2D eigenvalue weighted by Gasteiger charge is -2.29. The summed E-state index contributed by atoms with van der Waals surface area (Å²) in [6.45, 7) is 1.03. The normalized spacial score (nSPS) is 21.3. The Balaban J connectivity index is 1.67. The van der Waals surface area contributed by atoms with Gasteiger partial charge in [0.15, 0.2) is 5.82 Å². The zero-order chi connectivity index (χ0) is 14.7. The van der Waals surface area contributed by atoms with Gasteiger partial charge in [-0.25, -0.2) is 0 Å². The molecule has 6 heteroatoms. The van der Waals surface area contributed by atoms with Crippen LogP contribution in [-0.2, 0) is 6.42 Å². The lowest BCUT2D eigenvalue weighted by molar-refractivity contribution is 0.164. The van der Waals surface area contributed by atoms with Crippen LogP contribution < -0.4 is 0 Å². The van der Waals surface area contributed by atoms with Gasteiger partial charge < -0.3 is 9.63 Å². The van der Waals surface area contributed by atoms with Crippen LogP contribution in [0.2, 0.25) is 0 Å². The maximum absolute atomic E-state index is 10.2. The molecule has 0 aliphatic carbocycles. The Morgan fingerprint density at radius 1 is 1.43 bits per heavy atom. The molecule has 0 spiro atoms. The lowest BCUT2D eigenvalue weighted by Crippen LogP contribution is -2.33. The summed E-state index contributed by atoms with van der Waals surface area (Å²) in [5.74, 6) is 3.34. The second kappa shape index (κ2) is 6.60. The van der Waals surface area contributed by atoms with Gasteiger partial charge in [-0.2, -0.15) is 16.7 Å². The van der Waals surface area contributed by atoms with Crippen LogP contribution in [-0.4, -0.2) is 45.2 Å². The molecular weight excluding hydrogens is 286 g/mol. The Morgan fingerprint density at radius 3 is 3.00 bits per heavy atom. The highest BCUT2D eigenvalue weighted by Crippen LogP contribution is 2.27. The highest BCUT2D eigenvalue weighted by atomic mass is 32.2. The minimum Gasteiger partial charge on any atom is -0.388 e. The summed E-state index contributed by atoms with van der Waals surface area (Å²) in [7, 11) is 2.08. The fourth-order valence-corrected chi connectivity index (χ4v) is 3.61. The molecule has 0 saturated carbocycles. The molecule has 5 nitrogen and oxygen atoms in total. The van der Waals surface area contributed by atoms with Crippen molar-refractivity contribution in [3.8, 4) is 0 Å². The van der Waals surface area contributed by atoms with Crippen LogP contribution in [0.1, 0.15) is 29.4 Å². The highest BCUT2D eigenvalue weighted by Gasteiger charge is 2.26. The smallest absolute Gasteiger partial charge is 0.229 e. The van der Waals surface area contributed by atoms with Crippen LogP contribution >= 0.6 is 11.8 Å². The minimum atomic E-state index is -0.613. The average Bonchev–Trinajstić information content (AvgIpc) is 2.97. The molecule has 2 unspecified atom stereocenters. The molecule has 3 rings (SSSR count). The molecule has 2 aromatic rings. The Bertz CT molecular complexity index is 575.